The average Bonchev–Trinajstić information content (AvgIpc) is 2.26. The highest BCUT2D eigenvalue weighted by atomic mass is 16.4. The molecule has 0 rings (SSSR count). The second-order valence-corrected chi connectivity index (χ2v) is 4.81. The van der Waals surface area contributed by atoms with Crippen molar-refractivity contribution >= 4 is 11.9 Å². The smallest absolute Gasteiger partial charge is 0.326 e. The molecule has 0 aliphatic heterocycles. The van der Waals surface area contributed by atoms with Crippen molar-refractivity contribution in [2.75, 3.05) is 0 Å². The Hall–Kier alpha value is -1.61. The van der Waals surface area contributed by atoms with Gasteiger partial charge in [-0.1, -0.05) is 13.8 Å². The molecule has 3 N–H and O–H groups in total. The standard InChI is InChI=1S/C12H20N2O4/c1-7(2)4-10(15)11(16)14-9(12(17)18)5-8(3)6-13/h7-10,15H,4-5H2,1-3H3,(H,14,16)(H,17,18)/t8-,9+,10-/m0/s1. The highest BCUT2D eigenvalue weighted by Crippen LogP contribution is 2.08. The molecule has 1 amide bonds. The maximum atomic E-state index is 11.6. The molecule has 0 aliphatic rings. The fraction of sp³-hybridized carbons (Fsp3) is 0.750. The molecule has 6 nitrogen and oxygen atoms in total. The lowest BCUT2D eigenvalue weighted by molar-refractivity contribution is -0.144. The number of aliphatic carboxylic acids is 1. The summed E-state index contributed by atoms with van der Waals surface area (Å²) in [5.41, 5.74) is 0. The Bertz CT molecular complexity index is 335. The predicted octanol–water partition coefficient (Wildman–Crippen LogP) is 0.513. The van der Waals surface area contributed by atoms with Crippen molar-refractivity contribution in [3.05, 3.63) is 0 Å². The minimum atomic E-state index is -1.22. The quantitative estimate of drug-likeness (QED) is 0.614. The van der Waals surface area contributed by atoms with Crippen molar-refractivity contribution in [2.24, 2.45) is 11.8 Å². The molecule has 6 heteroatoms. The number of nitrogens with zero attached hydrogens (tertiary/aromatic N) is 1. The fourth-order valence-electron chi connectivity index (χ4n) is 1.45. The Labute approximate surface area is 107 Å². The van der Waals surface area contributed by atoms with Crippen LogP contribution in [0, 0.1) is 23.2 Å². The lowest BCUT2D eigenvalue weighted by Gasteiger charge is -2.18. The normalized spacial score (nSPS) is 15.6. The Morgan fingerprint density at radius 2 is 1.83 bits per heavy atom. The van der Waals surface area contributed by atoms with Gasteiger partial charge in [0.2, 0.25) is 5.91 Å². The number of carboxylic acid groups (broad SMARTS) is 1. The second kappa shape index (κ2) is 7.67. The summed E-state index contributed by atoms with van der Waals surface area (Å²) in [4.78, 5) is 22.5. The van der Waals surface area contributed by atoms with Gasteiger partial charge in [0, 0.05) is 5.92 Å². The summed E-state index contributed by atoms with van der Waals surface area (Å²) in [6.45, 7) is 5.28. The highest BCUT2D eigenvalue weighted by Gasteiger charge is 2.25. The van der Waals surface area contributed by atoms with Gasteiger partial charge < -0.3 is 15.5 Å². The van der Waals surface area contributed by atoms with Crippen LogP contribution in [0.15, 0.2) is 0 Å². The van der Waals surface area contributed by atoms with Gasteiger partial charge in [-0.3, -0.25) is 4.79 Å². The van der Waals surface area contributed by atoms with E-state index in [4.69, 9.17) is 10.4 Å². The number of carbonyl (C=O) groups excluding carboxylic acids is 1. The SMILES string of the molecule is CC(C)C[C@H](O)C(=O)N[C@H](C[C@H](C)C#N)C(=O)O. The molecule has 0 spiro atoms. The summed E-state index contributed by atoms with van der Waals surface area (Å²) < 4.78 is 0. The zero-order valence-corrected chi connectivity index (χ0v) is 10.9. The molecule has 0 saturated carbocycles. The number of hydrogen-bond donors (Lipinski definition) is 3. The molecule has 0 aromatic rings. The van der Waals surface area contributed by atoms with Gasteiger partial charge in [0.1, 0.15) is 12.1 Å². The molecule has 0 fully saturated rings. The van der Waals surface area contributed by atoms with E-state index in [1.165, 1.54) is 0 Å². The van der Waals surface area contributed by atoms with E-state index in [9.17, 15) is 14.7 Å². The van der Waals surface area contributed by atoms with E-state index >= 15 is 0 Å². The summed E-state index contributed by atoms with van der Waals surface area (Å²) >= 11 is 0. The molecule has 0 unspecified atom stereocenters. The third kappa shape index (κ3) is 6.21. The van der Waals surface area contributed by atoms with Gasteiger partial charge in [-0.2, -0.15) is 5.26 Å². The summed E-state index contributed by atoms with van der Waals surface area (Å²) in [6, 6.07) is 0.763. The first kappa shape index (κ1) is 16.4. The molecule has 0 aromatic carbocycles. The third-order valence-corrected chi connectivity index (χ3v) is 2.42. The first-order valence-electron chi connectivity index (χ1n) is 5.88. The molecular formula is C12H20N2O4. The van der Waals surface area contributed by atoms with Gasteiger partial charge in [0.25, 0.3) is 0 Å². The van der Waals surface area contributed by atoms with Crippen LogP contribution in [0.2, 0.25) is 0 Å². The van der Waals surface area contributed by atoms with Crippen LogP contribution in [-0.2, 0) is 9.59 Å². The Morgan fingerprint density at radius 1 is 1.28 bits per heavy atom. The van der Waals surface area contributed by atoms with Crippen LogP contribution < -0.4 is 5.32 Å². The summed E-state index contributed by atoms with van der Waals surface area (Å²) in [7, 11) is 0. The number of nitrogens with one attached hydrogen (secondary N) is 1. The van der Waals surface area contributed by atoms with Crippen molar-refractivity contribution in [3.8, 4) is 6.07 Å². The van der Waals surface area contributed by atoms with Gasteiger partial charge in [0.05, 0.1) is 6.07 Å². The Kier molecular flexibility index (Phi) is 6.98. The minimum absolute atomic E-state index is 0.0198. The molecule has 0 heterocycles. The van der Waals surface area contributed by atoms with E-state index < -0.39 is 29.9 Å². The van der Waals surface area contributed by atoms with E-state index in [1.54, 1.807) is 6.92 Å². The molecule has 0 aliphatic carbocycles. The van der Waals surface area contributed by atoms with Crippen LogP contribution in [-0.4, -0.2) is 34.2 Å². The maximum Gasteiger partial charge on any atom is 0.326 e. The molecule has 3 atom stereocenters. The van der Waals surface area contributed by atoms with Crippen LogP contribution in [0.3, 0.4) is 0 Å². The Balaban J connectivity index is 4.46. The number of carbonyl (C=O) groups is 2. The number of aliphatic hydroxyl groups excluding tert-OH is 1. The van der Waals surface area contributed by atoms with E-state index in [0.717, 1.165) is 0 Å². The van der Waals surface area contributed by atoms with Crippen LogP contribution >= 0.6 is 0 Å². The maximum absolute atomic E-state index is 11.6. The third-order valence-electron chi connectivity index (χ3n) is 2.42. The average molecular weight is 256 g/mol. The van der Waals surface area contributed by atoms with Crippen LogP contribution in [0.25, 0.3) is 0 Å². The minimum Gasteiger partial charge on any atom is -0.480 e. The number of aliphatic hydroxyl groups is 1. The molecular weight excluding hydrogens is 236 g/mol. The monoisotopic (exact) mass is 256 g/mol. The van der Waals surface area contributed by atoms with Crippen LogP contribution in [0.1, 0.15) is 33.6 Å². The molecule has 102 valence electrons. The van der Waals surface area contributed by atoms with Crippen molar-refractivity contribution in [1.82, 2.24) is 5.32 Å². The van der Waals surface area contributed by atoms with E-state index in [1.807, 2.05) is 19.9 Å². The molecule has 0 radical (unpaired) electrons. The first-order chi connectivity index (χ1) is 8.27. The van der Waals surface area contributed by atoms with Crippen LogP contribution in [0.4, 0.5) is 0 Å². The Morgan fingerprint density at radius 3 is 2.22 bits per heavy atom. The van der Waals surface area contributed by atoms with E-state index in [0.29, 0.717) is 0 Å². The zero-order valence-electron chi connectivity index (χ0n) is 10.9. The number of nitriles is 1. The largest absolute Gasteiger partial charge is 0.480 e. The van der Waals surface area contributed by atoms with Crippen molar-refractivity contribution in [1.29, 1.82) is 5.26 Å². The zero-order chi connectivity index (χ0) is 14.3. The topological polar surface area (TPSA) is 110 Å². The molecule has 0 bridgehead atoms. The van der Waals surface area contributed by atoms with Crippen molar-refractivity contribution < 1.29 is 19.8 Å². The molecule has 0 saturated heterocycles. The van der Waals surface area contributed by atoms with E-state index in [-0.39, 0.29) is 18.8 Å². The van der Waals surface area contributed by atoms with Gasteiger partial charge in [-0.05, 0) is 25.7 Å². The molecule has 18 heavy (non-hydrogen) atoms. The van der Waals surface area contributed by atoms with Gasteiger partial charge in [0.15, 0.2) is 0 Å². The first-order valence-corrected chi connectivity index (χ1v) is 5.88. The second-order valence-electron chi connectivity index (χ2n) is 4.81. The predicted molar refractivity (Wildman–Crippen MR) is 64.4 cm³/mol. The lowest BCUT2D eigenvalue weighted by atomic mass is 10.0. The van der Waals surface area contributed by atoms with E-state index in [2.05, 4.69) is 5.32 Å². The lowest BCUT2D eigenvalue weighted by Crippen LogP contribution is -2.46. The number of carboxylic acids is 1. The van der Waals surface area contributed by atoms with Gasteiger partial charge in [-0.25, -0.2) is 4.79 Å². The van der Waals surface area contributed by atoms with Crippen molar-refractivity contribution in [3.63, 3.8) is 0 Å². The highest BCUT2D eigenvalue weighted by molar-refractivity contribution is 5.86. The fourth-order valence-corrected chi connectivity index (χ4v) is 1.45. The summed E-state index contributed by atoms with van der Waals surface area (Å²) in [5.74, 6) is -2.26. The summed E-state index contributed by atoms with van der Waals surface area (Å²) in [5, 5.41) is 29.3. The van der Waals surface area contributed by atoms with Gasteiger partial charge in [-0.15, -0.1) is 0 Å². The summed E-state index contributed by atoms with van der Waals surface area (Å²) in [6.07, 6.45) is -0.929. The van der Waals surface area contributed by atoms with Crippen molar-refractivity contribution in [2.45, 2.75) is 45.8 Å². The number of amides is 1. The number of rotatable bonds is 7. The molecule has 0 aromatic heterocycles. The number of hydrogen-bond acceptors (Lipinski definition) is 4. The van der Waals surface area contributed by atoms with Crippen LogP contribution in [0.5, 0.6) is 0 Å². The van der Waals surface area contributed by atoms with Gasteiger partial charge >= 0.3 is 5.97 Å².